The Labute approximate surface area is 144 Å². The number of aromatic nitrogens is 2. The number of hydrogen-bond acceptors (Lipinski definition) is 4. The number of aliphatic carboxylic acids is 1. The Kier molecular flexibility index (Phi) is 5.19. The van der Waals surface area contributed by atoms with E-state index in [1.807, 2.05) is 0 Å². The summed E-state index contributed by atoms with van der Waals surface area (Å²) < 4.78 is 39.6. The quantitative estimate of drug-likeness (QED) is 0.700. The molecule has 2 aromatic heterocycles. The molecule has 2 heterocycles. The summed E-state index contributed by atoms with van der Waals surface area (Å²) >= 11 is 0. The molecule has 0 bridgehead atoms. The van der Waals surface area contributed by atoms with Crippen molar-refractivity contribution in [3.8, 4) is 0 Å². The third-order valence-corrected chi connectivity index (χ3v) is 3.62. The number of pyridine rings is 1. The molecule has 0 aromatic carbocycles. The van der Waals surface area contributed by atoms with Crippen molar-refractivity contribution in [1.82, 2.24) is 14.7 Å². The minimum Gasteiger partial charge on any atom is -0.480 e. The summed E-state index contributed by atoms with van der Waals surface area (Å²) in [5.41, 5.74) is 3.97. The van der Waals surface area contributed by atoms with Gasteiger partial charge < -0.3 is 16.2 Å². The fourth-order valence-electron chi connectivity index (χ4n) is 2.37. The Morgan fingerprint density at radius 2 is 2.00 bits per heavy atom. The molecule has 0 fully saturated rings. The molecule has 26 heavy (non-hydrogen) atoms. The van der Waals surface area contributed by atoms with Gasteiger partial charge in [0.05, 0.1) is 11.3 Å². The van der Waals surface area contributed by atoms with Crippen LogP contribution in [0, 0.1) is 6.92 Å². The number of fused-ring (bicyclic) bond motifs is 1. The van der Waals surface area contributed by atoms with E-state index in [0.717, 1.165) is 16.5 Å². The van der Waals surface area contributed by atoms with Crippen molar-refractivity contribution in [2.24, 2.45) is 5.73 Å². The van der Waals surface area contributed by atoms with Gasteiger partial charge in [-0.3, -0.25) is 14.0 Å². The zero-order valence-corrected chi connectivity index (χ0v) is 13.5. The molecule has 11 heteroatoms. The summed E-state index contributed by atoms with van der Waals surface area (Å²) in [6, 6.07) is 0.510. The highest BCUT2D eigenvalue weighted by Gasteiger charge is 2.32. The number of aryl methyl sites for hydroxylation is 1. The van der Waals surface area contributed by atoms with Crippen LogP contribution in [0.2, 0.25) is 0 Å². The normalized spacial score (nSPS) is 12.8. The van der Waals surface area contributed by atoms with Gasteiger partial charge in [0.1, 0.15) is 17.4 Å². The second-order valence-corrected chi connectivity index (χ2v) is 5.56. The minimum atomic E-state index is -4.62. The van der Waals surface area contributed by atoms with Crippen LogP contribution in [0.4, 0.5) is 13.2 Å². The first kappa shape index (κ1) is 19.2. The topological polar surface area (TPSA) is 127 Å². The van der Waals surface area contributed by atoms with Crippen molar-refractivity contribution in [3.05, 3.63) is 35.3 Å². The van der Waals surface area contributed by atoms with Gasteiger partial charge in [-0.2, -0.15) is 13.2 Å². The maximum absolute atomic E-state index is 12.9. The summed E-state index contributed by atoms with van der Waals surface area (Å²) in [6.45, 7) is 1.41. The van der Waals surface area contributed by atoms with Crippen LogP contribution >= 0.6 is 0 Å². The van der Waals surface area contributed by atoms with Crippen molar-refractivity contribution in [2.75, 3.05) is 0 Å². The van der Waals surface area contributed by atoms with Gasteiger partial charge >= 0.3 is 12.1 Å². The molecule has 0 radical (unpaired) electrons. The highest BCUT2D eigenvalue weighted by Crippen LogP contribution is 2.29. The highest BCUT2D eigenvalue weighted by molar-refractivity contribution is 5.97. The standard InChI is InChI=1S/C15H15F3N4O4/c1-7-12(13(24)21-9(14(25)26)3-4-10(19)23)22-6-8(15(16,17)18)2-5-11(22)20-7/h2,5-6,9H,3-4H2,1H3,(H2,19,23)(H,21,24)(H,25,26). The predicted molar refractivity (Wildman–Crippen MR) is 82.2 cm³/mol. The van der Waals surface area contributed by atoms with Crippen LogP contribution in [0.15, 0.2) is 18.3 Å². The fourth-order valence-corrected chi connectivity index (χ4v) is 2.37. The molecule has 8 nitrogen and oxygen atoms in total. The first-order chi connectivity index (χ1) is 12.0. The Balaban J connectivity index is 2.38. The maximum Gasteiger partial charge on any atom is 0.417 e. The molecule has 140 valence electrons. The third-order valence-electron chi connectivity index (χ3n) is 3.62. The van der Waals surface area contributed by atoms with Crippen LogP contribution < -0.4 is 11.1 Å². The second kappa shape index (κ2) is 7.02. The number of primary amides is 1. The first-order valence-electron chi connectivity index (χ1n) is 7.38. The van der Waals surface area contributed by atoms with Crippen LogP contribution in [0.25, 0.3) is 5.65 Å². The van der Waals surface area contributed by atoms with E-state index in [1.165, 1.54) is 6.92 Å². The Bertz CT molecular complexity index is 876. The van der Waals surface area contributed by atoms with E-state index in [1.54, 1.807) is 0 Å². The Morgan fingerprint density at radius 1 is 1.35 bits per heavy atom. The van der Waals surface area contributed by atoms with E-state index in [9.17, 15) is 27.6 Å². The molecular formula is C15H15F3N4O4. The van der Waals surface area contributed by atoms with Crippen LogP contribution in [0.5, 0.6) is 0 Å². The number of amides is 2. The molecular weight excluding hydrogens is 357 g/mol. The molecule has 0 spiro atoms. The number of carbonyl (C=O) groups excluding carboxylic acids is 2. The largest absolute Gasteiger partial charge is 0.480 e. The predicted octanol–water partition coefficient (Wildman–Crippen LogP) is 1.11. The molecule has 1 atom stereocenters. The Hall–Kier alpha value is -3.11. The van der Waals surface area contributed by atoms with Gasteiger partial charge in [0, 0.05) is 12.6 Å². The van der Waals surface area contributed by atoms with Crippen molar-refractivity contribution in [2.45, 2.75) is 32.0 Å². The van der Waals surface area contributed by atoms with E-state index in [4.69, 9.17) is 10.8 Å². The zero-order valence-electron chi connectivity index (χ0n) is 13.5. The molecule has 0 aliphatic heterocycles. The second-order valence-electron chi connectivity index (χ2n) is 5.56. The summed E-state index contributed by atoms with van der Waals surface area (Å²) in [6.07, 6.45) is -4.43. The summed E-state index contributed by atoms with van der Waals surface area (Å²) in [5, 5.41) is 11.3. The maximum atomic E-state index is 12.9. The van der Waals surface area contributed by atoms with Gasteiger partial charge in [-0.1, -0.05) is 0 Å². The van der Waals surface area contributed by atoms with Gasteiger partial charge in [0.15, 0.2) is 0 Å². The molecule has 2 aromatic rings. The number of alkyl halides is 3. The van der Waals surface area contributed by atoms with Gasteiger partial charge in [-0.05, 0) is 25.5 Å². The zero-order chi connectivity index (χ0) is 19.6. The van der Waals surface area contributed by atoms with Gasteiger partial charge in [-0.15, -0.1) is 0 Å². The molecule has 0 aliphatic rings. The van der Waals surface area contributed by atoms with Crippen LogP contribution in [-0.2, 0) is 15.8 Å². The van der Waals surface area contributed by atoms with Crippen LogP contribution in [-0.4, -0.2) is 38.3 Å². The number of carbonyl (C=O) groups is 3. The average Bonchev–Trinajstić information content (AvgIpc) is 2.84. The number of halogens is 3. The number of nitrogens with two attached hydrogens (primary N) is 1. The number of carboxylic acid groups (broad SMARTS) is 1. The van der Waals surface area contributed by atoms with E-state index in [-0.39, 0.29) is 29.9 Å². The van der Waals surface area contributed by atoms with E-state index in [0.29, 0.717) is 6.20 Å². The van der Waals surface area contributed by atoms with Crippen LogP contribution in [0.1, 0.15) is 34.6 Å². The number of rotatable bonds is 6. The van der Waals surface area contributed by atoms with Gasteiger partial charge in [-0.25, -0.2) is 9.78 Å². The smallest absolute Gasteiger partial charge is 0.417 e. The molecule has 2 amide bonds. The number of imidazole rings is 1. The summed E-state index contributed by atoms with van der Waals surface area (Å²) in [4.78, 5) is 38.4. The van der Waals surface area contributed by atoms with Gasteiger partial charge in [0.2, 0.25) is 5.91 Å². The fraction of sp³-hybridized carbons (Fsp3) is 0.333. The SMILES string of the molecule is Cc1nc2ccc(C(F)(F)F)cn2c1C(=O)NC(CCC(N)=O)C(=O)O. The van der Waals surface area contributed by atoms with E-state index < -0.39 is 35.6 Å². The average molecular weight is 372 g/mol. The highest BCUT2D eigenvalue weighted by atomic mass is 19.4. The summed E-state index contributed by atoms with van der Waals surface area (Å²) in [7, 11) is 0. The van der Waals surface area contributed by atoms with Gasteiger partial charge in [0.25, 0.3) is 5.91 Å². The number of nitrogens with zero attached hydrogens (tertiary/aromatic N) is 2. The van der Waals surface area contributed by atoms with Crippen LogP contribution in [0.3, 0.4) is 0 Å². The molecule has 1 unspecified atom stereocenters. The lowest BCUT2D eigenvalue weighted by Crippen LogP contribution is -2.42. The Morgan fingerprint density at radius 3 is 2.54 bits per heavy atom. The lowest BCUT2D eigenvalue weighted by Gasteiger charge is -2.14. The lowest BCUT2D eigenvalue weighted by atomic mass is 10.1. The molecule has 4 N–H and O–H groups in total. The number of carboxylic acids is 1. The lowest BCUT2D eigenvalue weighted by molar-refractivity contribution is -0.139. The van der Waals surface area contributed by atoms with Crippen molar-refractivity contribution in [1.29, 1.82) is 0 Å². The molecule has 0 aliphatic carbocycles. The van der Waals surface area contributed by atoms with Crippen molar-refractivity contribution in [3.63, 3.8) is 0 Å². The first-order valence-corrected chi connectivity index (χ1v) is 7.38. The monoisotopic (exact) mass is 372 g/mol. The van der Waals surface area contributed by atoms with Crippen molar-refractivity contribution < 1.29 is 32.7 Å². The molecule has 0 saturated heterocycles. The minimum absolute atomic E-state index is 0.102. The van der Waals surface area contributed by atoms with E-state index >= 15 is 0 Å². The number of hydrogen-bond donors (Lipinski definition) is 3. The number of nitrogens with one attached hydrogen (secondary N) is 1. The summed E-state index contributed by atoms with van der Waals surface area (Å²) in [5.74, 6) is -3.07. The molecule has 2 rings (SSSR count). The third kappa shape index (κ3) is 4.10. The molecule has 0 saturated carbocycles. The van der Waals surface area contributed by atoms with E-state index in [2.05, 4.69) is 10.3 Å². The van der Waals surface area contributed by atoms with Crippen molar-refractivity contribution >= 4 is 23.4 Å².